The Balaban J connectivity index is 1.90. The quantitative estimate of drug-likeness (QED) is 0.547. The molecule has 0 aromatic heterocycles. The molecule has 0 saturated heterocycles. The zero-order chi connectivity index (χ0) is 22.6. The highest BCUT2D eigenvalue weighted by atomic mass is 35.5. The number of nitrogens with one attached hydrogen (secondary N) is 1. The Labute approximate surface area is 186 Å². The molecule has 1 N–H and O–H groups in total. The summed E-state index contributed by atoms with van der Waals surface area (Å²) < 4.78 is 40.8. The first kappa shape index (κ1) is 22.8. The van der Waals surface area contributed by atoms with Gasteiger partial charge in [-0.25, -0.2) is 12.8 Å². The first-order valence-electron chi connectivity index (χ1n) is 9.57. The Hall–Kier alpha value is -2.90. The van der Waals surface area contributed by atoms with Gasteiger partial charge in [0.2, 0.25) is 5.91 Å². The maximum absolute atomic E-state index is 13.3. The highest BCUT2D eigenvalue weighted by Crippen LogP contribution is 2.28. The van der Waals surface area contributed by atoms with Crippen LogP contribution in [0.5, 0.6) is 0 Å². The molecule has 3 aromatic rings. The number of hydrogen-bond acceptors (Lipinski definition) is 3. The third-order valence-corrected chi connectivity index (χ3v) is 7.00. The second-order valence-corrected chi connectivity index (χ2v) is 9.37. The van der Waals surface area contributed by atoms with E-state index in [1.54, 1.807) is 56.3 Å². The minimum atomic E-state index is -4.02. The van der Waals surface area contributed by atoms with Gasteiger partial charge in [-0.05, 0) is 61.4 Å². The van der Waals surface area contributed by atoms with Crippen LogP contribution in [-0.2, 0) is 14.8 Å². The standard InChI is InChI=1S/C23H22ClFN2O3S/c1-16-8-13-20(14-22(16)24)27(31(29,30)21-6-4-3-5-7-21)15-23(28)26-17(2)18-9-11-19(25)12-10-18/h3-14,17H,15H2,1-2H3,(H,26,28)/t17-/m1/s1. The Morgan fingerprint density at radius 1 is 1.06 bits per heavy atom. The van der Waals surface area contributed by atoms with E-state index < -0.39 is 28.5 Å². The number of aryl methyl sites for hydroxylation is 1. The number of carbonyl (C=O) groups excluding carboxylic acids is 1. The van der Waals surface area contributed by atoms with Crippen LogP contribution in [0.15, 0.2) is 77.7 Å². The lowest BCUT2D eigenvalue weighted by atomic mass is 10.1. The van der Waals surface area contributed by atoms with Crippen LogP contribution in [-0.4, -0.2) is 20.9 Å². The van der Waals surface area contributed by atoms with Crippen molar-refractivity contribution in [3.05, 3.63) is 94.8 Å². The lowest BCUT2D eigenvalue weighted by Crippen LogP contribution is -2.41. The first-order valence-corrected chi connectivity index (χ1v) is 11.4. The topological polar surface area (TPSA) is 66.5 Å². The number of nitrogens with zero attached hydrogens (tertiary/aromatic N) is 1. The van der Waals surface area contributed by atoms with Crippen LogP contribution in [0.4, 0.5) is 10.1 Å². The molecule has 1 amide bonds. The molecule has 0 spiro atoms. The fourth-order valence-electron chi connectivity index (χ4n) is 3.02. The summed E-state index contributed by atoms with van der Waals surface area (Å²) in [5, 5.41) is 3.16. The molecule has 0 aliphatic rings. The highest BCUT2D eigenvalue weighted by molar-refractivity contribution is 7.92. The van der Waals surface area contributed by atoms with Crippen molar-refractivity contribution >= 4 is 33.2 Å². The third-order valence-electron chi connectivity index (χ3n) is 4.81. The van der Waals surface area contributed by atoms with Crippen molar-refractivity contribution in [2.24, 2.45) is 0 Å². The predicted octanol–water partition coefficient (Wildman–Crippen LogP) is 4.86. The molecule has 0 fully saturated rings. The monoisotopic (exact) mass is 460 g/mol. The van der Waals surface area contributed by atoms with E-state index in [-0.39, 0.29) is 16.4 Å². The summed E-state index contributed by atoms with van der Waals surface area (Å²) in [4.78, 5) is 12.8. The van der Waals surface area contributed by atoms with Gasteiger partial charge >= 0.3 is 0 Å². The molecule has 0 saturated carbocycles. The van der Waals surface area contributed by atoms with Crippen LogP contribution in [0.25, 0.3) is 0 Å². The summed E-state index contributed by atoms with van der Waals surface area (Å²) in [7, 11) is -4.02. The van der Waals surface area contributed by atoms with E-state index >= 15 is 0 Å². The number of carbonyl (C=O) groups is 1. The van der Waals surface area contributed by atoms with Crippen LogP contribution < -0.4 is 9.62 Å². The smallest absolute Gasteiger partial charge is 0.264 e. The summed E-state index contributed by atoms with van der Waals surface area (Å²) in [6, 6.07) is 18.0. The number of benzene rings is 3. The predicted molar refractivity (Wildman–Crippen MR) is 120 cm³/mol. The van der Waals surface area contributed by atoms with Crippen molar-refractivity contribution in [1.82, 2.24) is 5.32 Å². The van der Waals surface area contributed by atoms with Gasteiger partial charge in [0.1, 0.15) is 12.4 Å². The lowest BCUT2D eigenvalue weighted by Gasteiger charge is -2.25. The van der Waals surface area contributed by atoms with Gasteiger partial charge in [-0.15, -0.1) is 0 Å². The maximum atomic E-state index is 13.3. The van der Waals surface area contributed by atoms with E-state index in [2.05, 4.69) is 5.32 Å². The number of rotatable bonds is 7. The summed E-state index contributed by atoms with van der Waals surface area (Å²) >= 11 is 6.22. The molecule has 31 heavy (non-hydrogen) atoms. The maximum Gasteiger partial charge on any atom is 0.264 e. The number of hydrogen-bond donors (Lipinski definition) is 1. The second kappa shape index (κ2) is 9.49. The minimum Gasteiger partial charge on any atom is -0.348 e. The van der Waals surface area contributed by atoms with Crippen LogP contribution in [0, 0.1) is 12.7 Å². The molecule has 5 nitrogen and oxygen atoms in total. The SMILES string of the molecule is Cc1ccc(N(CC(=O)N[C@H](C)c2ccc(F)cc2)S(=O)(=O)c2ccccc2)cc1Cl. The van der Waals surface area contributed by atoms with Crippen molar-refractivity contribution in [3.8, 4) is 0 Å². The van der Waals surface area contributed by atoms with Crippen molar-refractivity contribution in [2.75, 3.05) is 10.8 Å². The molecule has 0 aliphatic carbocycles. The Bertz CT molecular complexity index is 1170. The molecule has 8 heteroatoms. The van der Waals surface area contributed by atoms with E-state index in [0.717, 1.165) is 9.87 Å². The van der Waals surface area contributed by atoms with Gasteiger partial charge in [-0.3, -0.25) is 9.10 Å². The van der Waals surface area contributed by atoms with Crippen molar-refractivity contribution in [2.45, 2.75) is 24.8 Å². The van der Waals surface area contributed by atoms with Gasteiger partial charge in [0.15, 0.2) is 0 Å². The Morgan fingerprint density at radius 2 is 1.71 bits per heavy atom. The zero-order valence-corrected chi connectivity index (χ0v) is 18.6. The highest BCUT2D eigenvalue weighted by Gasteiger charge is 2.28. The molecule has 0 aliphatic heterocycles. The molecule has 1 atom stereocenters. The largest absolute Gasteiger partial charge is 0.348 e. The fourth-order valence-corrected chi connectivity index (χ4v) is 4.63. The third kappa shape index (κ3) is 5.42. The summed E-state index contributed by atoms with van der Waals surface area (Å²) in [6.07, 6.45) is 0. The minimum absolute atomic E-state index is 0.0612. The van der Waals surface area contributed by atoms with Gasteiger partial charge in [-0.2, -0.15) is 0 Å². The first-order chi connectivity index (χ1) is 14.7. The number of halogens is 2. The van der Waals surface area contributed by atoms with E-state index in [1.165, 1.54) is 30.3 Å². The van der Waals surface area contributed by atoms with Crippen LogP contribution >= 0.6 is 11.6 Å². The molecule has 0 bridgehead atoms. The normalized spacial score (nSPS) is 12.3. The van der Waals surface area contributed by atoms with Crippen molar-refractivity contribution in [1.29, 1.82) is 0 Å². The van der Waals surface area contributed by atoms with Gasteiger partial charge in [0.25, 0.3) is 10.0 Å². The fraction of sp³-hybridized carbons (Fsp3) is 0.174. The molecular weight excluding hydrogens is 439 g/mol. The van der Waals surface area contributed by atoms with Crippen molar-refractivity contribution in [3.63, 3.8) is 0 Å². The average molecular weight is 461 g/mol. The number of amides is 1. The molecule has 0 heterocycles. The Kier molecular flexibility index (Phi) is 6.97. The van der Waals surface area contributed by atoms with Gasteiger partial charge < -0.3 is 5.32 Å². The zero-order valence-electron chi connectivity index (χ0n) is 17.0. The van der Waals surface area contributed by atoms with Gasteiger partial charge in [-0.1, -0.05) is 48.0 Å². The molecule has 0 unspecified atom stereocenters. The molecular formula is C23H22ClFN2O3S. The summed E-state index contributed by atoms with van der Waals surface area (Å²) in [5.74, 6) is -0.883. The second-order valence-electron chi connectivity index (χ2n) is 7.10. The molecule has 162 valence electrons. The van der Waals surface area contributed by atoms with E-state index in [9.17, 15) is 17.6 Å². The summed E-state index contributed by atoms with van der Waals surface area (Å²) in [6.45, 7) is 3.10. The van der Waals surface area contributed by atoms with Gasteiger partial charge in [0, 0.05) is 5.02 Å². The average Bonchev–Trinajstić information content (AvgIpc) is 2.75. The number of anilines is 1. The number of sulfonamides is 1. The van der Waals surface area contributed by atoms with Crippen LogP contribution in [0.1, 0.15) is 24.1 Å². The Morgan fingerprint density at radius 3 is 2.32 bits per heavy atom. The van der Waals surface area contributed by atoms with Crippen LogP contribution in [0.3, 0.4) is 0 Å². The van der Waals surface area contributed by atoms with E-state index in [1.807, 2.05) is 0 Å². The van der Waals surface area contributed by atoms with E-state index in [4.69, 9.17) is 11.6 Å². The van der Waals surface area contributed by atoms with E-state index in [0.29, 0.717) is 10.6 Å². The van der Waals surface area contributed by atoms with Crippen molar-refractivity contribution < 1.29 is 17.6 Å². The molecule has 3 rings (SSSR count). The van der Waals surface area contributed by atoms with Crippen LogP contribution in [0.2, 0.25) is 5.02 Å². The molecule has 0 radical (unpaired) electrons. The van der Waals surface area contributed by atoms with Gasteiger partial charge in [0.05, 0.1) is 16.6 Å². The lowest BCUT2D eigenvalue weighted by molar-refractivity contribution is -0.120. The molecule has 3 aromatic carbocycles. The summed E-state index contributed by atoms with van der Waals surface area (Å²) in [5.41, 5.74) is 1.77.